The zero-order chi connectivity index (χ0) is 15.4. The van der Waals surface area contributed by atoms with E-state index in [0.717, 1.165) is 5.69 Å². The number of hydrogen-bond acceptors (Lipinski definition) is 3. The maximum atomic E-state index is 12.3. The van der Waals surface area contributed by atoms with E-state index in [9.17, 15) is 4.79 Å². The molecule has 0 radical (unpaired) electrons. The fourth-order valence-electron chi connectivity index (χ4n) is 1.83. The van der Waals surface area contributed by atoms with Crippen molar-refractivity contribution in [1.82, 2.24) is 14.8 Å². The van der Waals surface area contributed by atoms with Gasteiger partial charge in [-0.2, -0.15) is 5.10 Å². The third-order valence-corrected chi connectivity index (χ3v) is 3.20. The van der Waals surface area contributed by atoms with Crippen LogP contribution in [-0.2, 0) is 4.79 Å². The fourth-order valence-corrected chi connectivity index (χ4v) is 2.06. The van der Waals surface area contributed by atoms with E-state index in [1.165, 1.54) is 11.0 Å². The molecule has 0 unspecified atom stereocenters. The number of rotatable bonds is 5. The average Bonchev–Trinajstić information content (AvgIpc) is 2.90. The number of carbonyl (C=O) groups excluding carboxylic acids is 1. The Bertz CT molecular complexity index is 678. The Labute approximate surface area is 128 Å². The molecular weight excluding hydrogens is 288 g/mol. The third kappa shape index (κ3) is 3.03. The summed E-state index contributed by atoms with van der Waals surface area (Å²) in [7, 11) is 0. The van der Waals surface area contributed by atoms with Crippen molar-refractivity contribution in [2.24, 2.45) is 0 Å². The molecule has 108 valence electrons. The predicted molar refractivity (Wildman–Crippen MR) is 83.7 cm³/mol. The molecule has 2 aromatic heterocycles. The molecule has 0 spiro atoms. The number of anilines is 1. The maximum absolute atomic E-state index is 12.3. The molecule has 2 rings (SSSR count). The lowest BCUT2D eigenvalue weighted by Crippen LogP contribution is -2.31. The van der Waals surface area contributed by atoms with E-state index in [1.54, 1.807) is 29.3 Å². The second-order valence-electron chi connectivity index (χ2n) is 4.24. The molecule has 2 aromatic rings. The van der Waals surface area contributed by atoms with Gasteiger partial charge in [0.15, 0.2) is 5.15 Å². The molecule has 0 saturated heterocycles. The van der Waals surface area contributed by atoms with Gasteiger partial charge in [0, 0.05) is 18.3 Å². The Hall–Kier alpha value is -2.40. The van der Waals surface area contributed by atoms with Crippen LogP contribution in [-0.4, -0.2) is 27.2 Å². The summed E-state index contributed by atoms with van der Waals surface area (Å²) in [5.41, 5.74) is 1.59. The van der Waals surface area contributed by atoms with Gasteiger partial charge in [0.05, 0.1) is 18.1 Å². The molecule has 0 N–H and O–H groups in total. The van der Waals surface area contributed by atoms with Crippen LogP contribution in [0.5, 0.6) is 0 Å². The quantitative estimate of drug-likeness (QED) is 0.630. The second kappa shape index (κ2) is 6.37. The van der Waals surface area contributed by atoms with Crippen LogP contribution < -0.4 is 4.90 Å². The van der Waals surface area contributed by atoms with E-state index < -0.39 is 0 Å². The predicted octanol–water partition coefficient (Wildman–Crippen LogP) is 3.02. The fraction of sp³-hybridized carbons (Fsp3) is 0.133. The second-order valence-corrected chi connectivity index (χ2v) is 4.60. The molecule has 0 aliphatic rings. The number of amides is 1. The summed E-state index contributed by atoms with van der Waals surface area (Å²) in [6.07, 6.45) is 6.45. The summed E-state index contributed by atoms with van der Waals surface area (Å²) in [6.45, 7) is 9.53. The van der Waals surface area contributed by atoms with Crippen LogP contribution in [0.3, 0.4) is 0 Å². The number of likely N-dealkylation sites (N-methyl/N-ethyl adjacent to an activating group) is 1. The summed E-state index contributed by atoms with van der Waals surface area (Å²) in [5.74, 6) is -0.250. The number of nitrogens with zero attached hydrogens (tertiary/aromatic N) is 4. The van der Waals surface area contributed by atoms with Crippen molar-refractivity contribution in [3.63, 3.8) is 0 Å². The first-order valence-corrected chi connectivity index (χ1v) is 6.75. The lowest BCUT2D eigenvalue weighted by molar-refractivity contribution is -0.114. The van der Waals surface area contributed by atoms with Crippen LogP contribution in [0.4, 0.5) is 5.69 Å². The highest BCUT2D eigenvalue weighted by atomic mass is 35.5. The normalized spacial score (nSPS) is 10.2. The first-order chi connectivity index (χ1) is 10.1. The highest BCUT2D eigenvalue weighted by molar-refractivity contribution is 6.32. The number of carbonyl (C=O) groups is 1. The maximum Gasteiger partial charge on any atom is 0.257 e. The molecule has 6 heteroatoms. The standard InChI is InChI=1S/C15H15ClN4O/c1-4-11(3)15(21)19(5-2)13-10-20(18-14(13)16)12-7-6-8-17-9-12/h4,6-10H,1,3,5H2,2H3. The van der Waals surface area contributed by atoms with Crippen molar-refractivity contribution in [3.05, 3.63) is 60.7 Å². The summed E-state index contributed by atoms with van der Waals surface area (Å²) in [4.78, 5) is 17.8. The van der Waals surface area contributed by atoms with Gasteiger partial charge in [-0.3, -0.25) is 9.78 Å². The summed E-state index contributed by atoms with van der Waals surface area (Å²) >= 11 is 6.16. The van der Waals surface area contributed by atoms with E-state index in [2.05, 4.69) is 23.2 Å². The Kier molecular flexibility index (Phi) is 4.55. The van der Waals surface area contributed by atoms with E-state index in [4.69, 9.17) is 11.6 Å². The van der Waals surface area contributed by atoms with Gasteiger partial charge in [-0.1, -0.05) is 30.8 Å². The smallest absolute Gasteiger partial charge is 0.257 e. The SMILES string of the molecule is C=CC(=C)C(=O)N(CC)c1cn(-c2cccnc2)nc1Cl. The molecule has 0 atom stereocenters. The molecular formula is C15H15ClN4O. The lowest BCUT2D eigenvalue weighted by Gasteiger charge is -2.19. The van der Waals surface area contributed by atoms with Gasteiger partial charge < -0.3 is 4.90 Å². The average molecular weight is 303 g/mol. The van der Waals surface area contributed by atoms with Crippen molar-refractivity contribution < 1.29 is 4.79 Å². The highest BCUT2D eigenvalue weighted by Gasteiger charge is 2.21. The van der Waals surface area contributed by atoms with Gasteiger partial charge in [0.2, 0.25) is 0 Å². The summed E-state index contributed by atoms with van der Waals surface area (Å²) < 4.78 is 1.58. The first kappa shape index (κ1) is 15.0. The zero-order valence-corrected chi connectivity index (χ0v) is 12.4. The van der Waals surface area contributed by atoms with Crippen LogP contribution in [0.15, 0.2) is 55.5 Å². The first-order valence-electron chi connectivity index (χ1n) is 6.37. The Morgan fingerprint density at radius 2 is 2.33 bits per heavy atom. The van der Waals surface area contributed by atoms with Gasteiger partial charge in [0.25, 0.3) is 5.91 Å². The van der Waals surface area contributed by atoms with Gasteiger partial charge in [-0.15, -0.1) is 0 Å². The minimum Gasteiger partial charge on any atom is -0.304 e. The molecule has 0 aliphatic carbocycles. The van der Waals surface area contributed by atoms with Crippen molar-refractivity contribution in [2.45, 2.75) is 6.92 Å². The van der Waals surface area contributed by atoms with E-state index >= 15 is 0 Å². The molecule has 1 amide bonds. The van der Waals surface area contributed by atoms with Crippen molar-refractivity contribution in [3.8, 4) is 5.69 Å². The Morgan fingerprint density at radius 1 is 1.57 bits per heavy atom. The molecule has 0 aromatic carbocycles. The molecule has 2 heterocycles. The zero-order valence-electron chi connectivity index (χ0n) is 11.7. The number of hydrogen-bond donors (Lipinski definition) is 0. The molecule has 0 aliphatic heterocycles. The van der Waals surface area contributed by atoms with Gasteiger partial charge in [-0.05, 0) is 19.1 Å². The van der Waals surface area contributed by atoms with Crippen molar-refractivity contribution in [2.75, 3.05) is 11.4 Å². The number of halogens is 1. The van der Waals surface area contributed by atoms with Crippen LogP contribution in [0.25, 0.3) is 5.69 Å². The van der Waals surface area contributed by atoms with E-state index in [-0.39, 0.29) is 11.1 Å². The highest BCUT2D eigenvalue weighted by Crippen LogP contribution is 2.26. The molecule has 21 heavy (non-hydrogen) atoms. The van der Waals surface area contributed by atoms with Crippen LogP contribution in [0.2, 0.25) is 5.15 Å². The molecule has 0 fully saturated rings. The van der Waals surface area contributed by atoms with Crippen LogP contribution in [0, 0.1) is 0 Å². The largest absolute Gasteiger partial charge is 0.304 e. The van der Waals surface area contributed by atoms with Crippen LogP contribution >= 0.6 is 11.6 Å². The van der Waals surface area contributed by atoms with Crippen molar-refractivity contribution >= 4 is 23.2 Å². The Morgan fingerprint density at radius 3 is 2.90 bits per heavy atom. The minimum absolute atomic E-state index is 0.242. The van der Waals surface area contributed by atoms with E-state index in [1.807, 2.05) is 13.0 Å². The van der Waals surface area contributed by atoms with E-state index in [0.29, 0.717) is 17.8 Å². The molecule has 0 saturated carbocycles. The van der Waals surface area contributed by atoms with Gasteiger partial charge >= 0.3 is 0 Å². The lowest BCUT2D eigenvalue weighted by atomic mass is 10.2. The summed E-state index contributed by atoms with van der Waals surface area (Å²) in [6, 6.07) is 3.65. The van der Waals surface area contributed by atoms with Crippen molar-refractivity contribution in [1.29, 1.82) is 0 Å². The number of aromatic nitrogens is 3. The number of pyridine rings is 1. The molecule has 0 bridgehead atoms. The summed E-state index contributed by atoms with van der Waals surface area (Å²) in [5, 5.41) is 4.45. The topological polar surface area (TPSA) is 51.0 Å². The van der Waals surface area contributed by atoms with Gasteiger partial charge in [-0.25, -0.2) is 4.68 Å². The monoisotopic (exact) mass is 302 g/mol. The Balaban J connectivity index is 2.40. The third-order valence-electron chi connectivity index (χ3n) is 2.94. The van der Waals surface area contributed by atoms with Crippen LogP contribution in [0.1, 0.15) is 6.92 Å². The van der Waals surface area contributed by atoms with Gasteiger partial charge in [0.1, 0.15) is 5.69 Å². The minimum atomic E-state index is -0.250. The molecule has 5 nitrogen and oxygen atoms in total.